The minimum atomic E-state index is -0.373. The molecule has 4 heteroatoms. The Bertz CT molecular complexity index is 440. The third kappa shape index (κ3) is 3.87. The molecule has 1 atom stereocenters. The monoisotopic (exact) mass is 279 g/mol. The van der Waals surface area contributed by atoms with E-state index in [0.29, 0.717) is 26.3 Å². The first-order valence-corrected chi connectivity index (χ1v) is 7.25. The standard InChI is InChI=1S/C16H25NO3/c1-16(2,3)14(18)11-17-10-12-6-4-7-13-15(12)20-9-5-8-19-13/h4,6-7,14,17-18H,5,8-11H2,1-3H3. The van der Waals surface area contributed by atoms with E-state index >= 15 is 0 Å². The maximum Gasteiger partial charge on any atom is 0.165 e. The van der Waals surface area contributed by atoms with Gasteiger partial charge in [-0.15, -0.1) is 0 Å². The molecular weight excluding hydrogens is 254 g/mol. The molecule has 1 heterocycles. The van der Waals surface area contributed by atoms with E-state index in [1.54, 1.807) is 0 Å². The number of nitrogens with one attached hydrogen (secondary N) is 1. The second-order valence-corrected chi connectivity index (χ2v) is 6.31. The first-order valence-electron chi connectivity index (χ1n) is 7.25. The van der Waals surface area contributed by atoms with Gasteiger partial charge in [0.1, 0.15) is 0 Å². The molecule has 4 nitrogen and oxygen atoms in total. The molecule has 1 aromatic carbocycles. The molecule has 0 fully saturated rings. The van der Waals surface area contributed by atoms with Crippen molar-refractivity contribution in [1.82, 2.24) is 5.32 Å². The molecule has 0 radical (unpaired) electrons. The summed E-state index contributed by atoms with van der Waals surface area (Å²) in [5.74, 6) is 1.65. The summed E-state index contributed by atoms with van der Waals surface area (Å²) >= 11 is 0. The smallest absolute Gasteiger partial charge is 0.165 e. The zero-order valence-electron chi connectivity index (χ0n) is 12.6. The van der Waals surface area contributed by atoms with E-state index in [9.17, 15) is 5.11 Å². The van der Waals surface area contributed by atoms with Crippen molar-refractivity contribution in [2.24, 2.45) is 5.41 Å². The van der Waals surface area contributed by atoms with Gasteiger partial charge in [0.2, 0.25) is 0 Å². The number of fused-ring (bicyclic) bond motifs is 1. The van der Waals surface area contributed by atoms with Crippen LogP contribution in [0.25, 0.3) is 0 Å². The van der Waals surface area contributed by atoms with Crippen LogP contribution >= 0.6 is 0 Å². The van der Waals surface area contributed by atoms with Gasteiger partial charge in [0.15, 0.2) is 11.5 Å². The second kappa shape index (κ2) is 6.46. The molecular formula is C16H25NO3. The van der Waals surface area contributed by atoms with E-state index < -0.39 is 0 Å². The minimum Gasteiger partial charge on any atom is -0.490 e. The van der Waals surface area contributed by atoms with Gasteiger partial charge in [-0.25, -0.2) is 0 Å². The maximum absolute atomic E-state index is 10.0. The predicted molar refractivity (Wildman–Crippen MR) is 79.2 cm³/mol. The van der Waals surface area contributed by atoms with Crippen LogP contribution in [0.2, 0.25) is 0 Å². The number of hydrogen-bond acceptors (Lipinski definition) is 4. The summed E-state index contributed by atoms with van der Waals surface area (Å²) in [7, 11) is 0. The fraction of sp³-hybridized carbons (Fsp3) is 0.625. The molecule has 0 saturated carbocycles. The number of benzene rings is 1. The molecule has 0 aliphatic carbocycles. The first kappa shape index (κ1) is 15.1. The van der Waals surface area contributed by atoms with Crippen molar-refractivity contribution in [2.75, 3.05) is 19.8 Å². The molecule has 1 aliphatic rings. The van der Waals surface area contributed by atoms with E-state index in [-0.39, 0.29) is 11.5 Å². The third-order valence-electron chi connectivity index (χ3n) is 3.51. The fourth-order valence-corrected chi connectivity index (χ4v) is 2.04. The summed E-state index contributed by atoms with van der Waals surface area (Å²) in [5.41, 5.74) is 0.964. The van der Waals surface area contributed by atoms with Crippen LogP contribution < -0.4 is 14.8 Å². The summed E-state index contributed by atoms with van der Waals surface area (Å²) < 4.78 is 11.4. The van der Waals surface area contributed by atoms with Crippen LogP contribution in [0.15, 0.2) is 18.2 Å². The zero-order chi connectivity index (χ0) is 14.6. The lowest BCUT2D eigenvalue weighted by atomic mass is 9.89. The molecule has 2 rings (SSSR count). The van der Waals surface area contributed by atoms with Crippen molar-refractivity contribution in [1.29, 1.82) is 0 Å². The van der Waals surface area contributed by atoms with Gasteiger partial charge in [0, 0.05) is 25.1 Å². The molecule has 0 amide bonds. The Morgan fingerprint density at radius 3 is 2.75 bits per heavy atom. The van der Waals surface area contributed by atoms with Crippen molar-refractivity contribution in [3.63, 3.8) is 0 Å². The van der Waals surface area contributed by atoms with Crippen molar-refractivity contribution >= 4 is 0 Å². The molecule has 20 heavy (non-hydrogen) atoms. The highest BCUT2D eigenvalue weighted by Crippen LogP contribution is 2.33. The van der Waals surface area contributed by atoms with E-state index in [0.717, 1.165) is 23.5 Å². The zero-order valence-corrected chi connectivity index (χ0v) is 12.6. The third-order valence-corrected chi connectivity index (χ3v) is 3.51. The van der Waals surface area contributed by atoms with Gasteiger partial charge in [0.25, 0.3) is 0 Å². The second-order valence-electron chi connectivity index (χ2n) is 6.31. The number of hydrogen-bond donors (Lipinski definition) is 2. The molecule has 0 saturated heterocycles. The van der Waals surface area contributed by atoms with Crippen LogP contribution in [0, 0.1) is 5.41 Å². The number of para-hydroxylation sites is 1. The number of rotatable bonds is 4. The summed E-state index contributed by atoms with van der Waals surface area (Å²) in [6.07, 6.45) is 0.534. The van der Waals surface area contributed by atoms with Crippen molar-refractivity contribution in [2.45, 2.75) is 39.8 Å². The van der Waals surface area contributed by atoms with Crippen LogP contribution in [0.4, 0.5) is 0 Å². The van der Waals surface area contributed by atoms with Crippen LogP contribution in [-0.4, -0.2) is 31.0 Å². The van der Waals surface area contributed by atoms with E-state index in [4.69, 9.17) is 9.47 Å². The van der Waals surface area contributed by atoms with Gasteiger partial charge in [0.05, 0.1) is 19.3 Å². The van der Waals surface area contributed by atoms with Crippen molar-refractivity contribution < 1.29 is 14.6 Å². The highest BCUT2D eigenvalue weighted by atomic mass is 16.5. The van der Waals surface area contributed by atoms with Crippen molar-refractivity contribution in [3.05, 3.63) is 23.8 Å². The summed E-state index contributed by atoms with van der Waals surface area (Å²) in [6.45, 7) is 8.72. The van der Waals surface area contributed by atoms with Gasteiger partial charge < -0.3 is 19.9 Å². The average molecular weight is 279 g/mol. The Kier molecular flexibility index (Phi) is 4.89. The Hall–Kier alpha value is -1.26. The largest absolute Gasteiger partial charge is 0.490 e. The van der Waals surface area contributed by atoms with Gasteiger partial charge in [-0.2, -0.15) is 0 Å². The molecule has 1 aliphatic heterocycles. The Labute approximate surface area is 121 Å². The lowest BCUT2D eigenvalue weighted by Gasteiger charge is -2.26. The molecule has 0 aromatic heterocycles. The van der Waals surface area contributed by atoms with E-state index in [2.05, 4.69) is 5.32 Å². The van der Waals surface area contributed by atoms with Gasteiger partial charge in [-0.3, -0.25) is 0 Å². The predicted octanol–water partition coefficient (Wildman–Crippen LogP) is 2.34. The minimum absolute atomic E-state index is 0.111. The lowest BCUT2D eigenvalue weighted by Crippen LogP contribution is -2.36. The van der Waals surface area contributed by atoms with Gasteiger partial charge >= 0.3 is 0 Å². The average Bonchev–Trinajstić information content (AvgIpc) is 2.63. The molecule has 0 spiro atoms. The Balaban J connectivity index is 1.97. The fourth-order valence-electron chi connectivity index (χ4n) is 2.04. The highest BCUT2D eigenvalue weighted by Gasteiger charge is 2.21. The topological polar surface area (TPSA) is 50.7 Å². The highest BCUT2D eigenvalue weighted by molar-refractivity contribution is 5.47. The van der Waals surface area contributed by atoms with Crippen LogP contribution in [0.5, 0.6) is 11.5 Å². The number of aliphatic hydroxyl groups is 1. The quantitative estimate of drug-likeness (QED) is 0.888. The summed E-state index contributed by atoms with van der Waals surface area (Å²) in [4.78, 5) is 0. The van der Waals surface area contributed by atoms with Gasteiger partial charge in [-0.1, -0.05) is 32.9 Å². The maximum atomic E-state index is 10.0. The molecule has 2 N–H and O–H groups in total. The van der Waals surface area contributed by atoms with Crippen LogP contribution in [-0.2, 0) is 6.54 Å². The molecule has 112 valence electrons. The molecule has 1 aromatic rings. The van der Waals surface area contributed by atoms with Gasteiger partial charge in [-0.05, 0) is 11.5 Å². The number of ether oxygens (including phenoxy) is 2. The van der Waals surface area contributed by atoms with Crippen molar-refractivity contribution in [3.8, 4) is 11.5 Å². The van der Waals surface area contributed by atoms with E-state index in [1.165, 1.54) is 0 Å². The Morgan fingerprint density at radius 2 is 2.00 bits per heavy atom. The molecule has 0 bridgehead atoms. The van der Waals surface area contributed by atoms with Crippen LogP contribution in [0.3, 0.4) is 0 Å². The number of aliphatic hydroxyl groups excluding tert-OH is 1. The molecule has 1 unspecified atom stereocenters. The SMILES string of the molecule is CC(C)(C)C(O)CNCc1cccc2c1OCCCO2. The normalized spacial score (nSPS) is 16.6. The summed E-state index contributed by atoms with van der Waals surface area (Å²) in [5, 5.41) is 13.3. The summed E-state index contributed by atoms with van der Waals surface area (Å²) in [6, 6.07) is 5.95. The van der Waals surface area contributed by atoms with Crippen LogP contribution in [0.1, 0.15) is 32.8 Å². The first-order chi connectivity index (χ1) is 9.48. The van der Waals surface area contributed by atoms with E-state index in [1.807, 2.05) is 39.0 Å². The Morgan fingerprint density at radius 1 is 1.25 bits per heavy atom. The lowest BCUT2D eigenvalue weighted by molar-refractivity contribution is 0.0627.